The van der Waals surface area contributed by atoms with E-state index in [0.29, 0.717) is 25.7 Å². The van der Waals surface area contributed by atoms with Crippen molar-refractivity contribution in [1.29, 1.82) is 0 Å². The lowest BCUT2D eigenvalue weighted by molar-refractivity contribution is -0.000351. The van der Waals surface area contributed by atoms with E-state index in [2.05, 4.69) is 27.7 Å². The van der Waals surface area contributed by atoms with Crippen molar-refractivity contribution >= 4 is 0 Å². The standard InChI is InChI=1S/C19H29N3O3/c1-15-10-16(2)22(20-15)11-17-5-7-21(8-6-17)12-18(23)13-24-14-19-4-3-9-25-19/h3-4,9-10,17-18,23H,5-8,11-14H2,1-2H3. The van der Waals surface area contributed by atoms with E-state index in [1.165, 1.54) is 5.69 Å². The van der Waals surface area contributed by atoms with Gasteiger partial charge in [0, 0.05) is 18.8 Å². The van der Waals surface area contributed by atoms with Crippen molar-refractivity contribution in [3.05, 3.63) is 41.6 Å². The zero-order valence-corrected chi connectivity index (χ0v) is 15.2. The Morgan fingerprint density at radius 2 is 2.16 bits per heavy atom. The van der Waals surface area contributed by atoms with Gasteiger partial charge in [0.15, 0.2) is 0 Å². The highest BCUT2D eigenvalue weighted by atomic mass is 16.5. The SMILES string of the molecule is Cc1cc(C)n(CC2CCN(CC(O)COCc3ccco3)CC2)n1. The zero-order chi connectivity index (χ0) is 17.6. The van der Waals surface area contributed by atoms with Crippen LogP contribution in [0.1, 0.15) is 30.0 Å². The van der Waals surface area contributed by atoms with Crippen LogP contribution >= 0.6 is 0 Å². The minimum absolute atomic E-state index is 0.340. The van der Waals surface area contributed by atoms with E-state index >= 15 is 0 Å². The molecule has 6 nitrogen and oxygen atoms in total. The molecule has 138 valence electrons. The number of hydrogen-bond acceptors (Lipinski definition) is 5. The number of likely N-dealkylation sites (tertiary alicyclic amines) is 1. The summed E-state index contributed by atoms with van der Waals surface area (Å²) in [5.41, 5.74) is 2.33. The molecule has 0 bridgehead atoms. The topological polar surface area (TPSA) is 63.7 Å². The van der Waals surface area contributed by atoms with Crippen molar-refractivity contribution in [2.45, 2.75) is 45.9 Å². The van der Waals surface area contributed by atoms with Gasteiger partial charge in [-0.25, -0.2) is 0 Å². The number of furan rings is 1. The monoisotopic (exact) mass is 347 g/mol. The van der Waals surface area contributed by atoms with Crippen molar-refractivity contribution in [3.8, 4) is 0 Å². The van der Waals surface area contributed by atoms with Gasteiger partial charge in [0.05, 0.1) is 24.7 Å². The molecule has 1 atom stereocenters. The molecule has 1 fully saturated rings. The number of aryl methyl sites for hydroxylation is 2. The second-order valence-corrected chi connectivity index (χ2v) is 7.10. The van der Waals surface area contributed by atoms with Gasteiger partial charge in [0.2, 0.25) is 0 Å². The fraction of sp³-hybridized carbons (Fsp3) is 0.632. The van der Waals surface area contributed by atoms with Crippen LogP contribution in [0, 0.1) is 19.8 Å². The molecular formula is C19H29N3O3. The minimum Gasteiger partial charge on any atom is -0.467 e. The van der Waals surface area contributed by atoms with Crippen LogP contribution in [0.2, 0.25) is 0 Å². The molecule has 2 aromatic rings. The van der Waals surface area contributed by atoms with Gasteiger partial charge in [-0.2, -0.15) is 5.10 Å². The maximum Gasteiger partial charge on any atom is 0.129 e. The van der Waals surface area contributed by atoms with Crippen molar-refractivity contribution in [2.24, 2.45) is 5.92 Å². The van der Waals surface area contributed by atoms with Crippen LogP contribution in [0.25, 0.3) is 0 Å². The summed E-state index contributed by atoms with van der Waals surface area (Å²) >= 11 is 0. The molecule has 1 aliphatic heterocycles. The summed E-state index contributed by atoms with van der Waals surface area (Å²) < 4.78 is 12.9. The largest absolute Gasteiger partial charge is 0.467 e. The quantitative estimate of drug-likeness (QED) is 0.794. The van der Waals surface area contributed by atoms with E-state index < -0.39 is 6.10 Å². The Kier molecular flexibility index (Phi) is 6.29. The molecule has 6 heteroatoms. The van der Waals surface area contributed by atoms with Gasteiger partial charge in [0.1, 0.15) is 12.4 Å². The second-order valence-electron chi connectivity index (χ2n) is 7.10. The smallest absolute Gasteiger partial charge is 0.129 e. The number of nitrogens with zero attached hydrogens (tertiary/aromatic N) is 3. The average Bonchev–Trinajstić information content (AvgIpc) is 3.19. The van der Waals surface area contributed by atoms with Crippen molar-refractivity contribution < 1.29 is 14.3 Å². The average molecular weight is 347 g/mol. The van der Waals surface area contributed by atoms with Crippen molar-refractivity contribution in [1.82, 2.24) is 14.7 Å². The van der Waals surface area contributed by atoms with E-state index in [1.807, 2.05) is 19.1 Å². The van der Waals surface area contributed by atoms with Crippen LogP contribution in [-0.4, -0.2) is 52.1 Å². The Morgan fingerprint density at radius 1 is 1.36 bits per heavy atom. The maximum absolute atomic E-state index is 10.2. The van der Waals surface area contributed by atoms with Crippen LogP contribution in [0.5, 0.6) is 0 Å². The van der Waals surface area contributed by atoms with Gasteiger partial charge in [-0.1, -0.05) is 0 Å². The molecule has 2 aromatic heterocycles. The molecule has 0 aromatic carbocycles. The normalized spacial score (nSPS) is 17.9. The van der Waals surface area contributed by atoms with Gasteiger partial charge in [-0.3, -0.25) is 4.68 Å². The first kappa shape index (κ1) is 18.2. The Hall–Kier alpha value is -1.63. The molecule has 0 saturated carbocycles. The van der Waals surface area contributed by atoms with Gasteiger partial charge < -0.3 is 19.2 Å². The first-order valence-electron chi connectivity index (χ1n) is 9.11. The highest BCUT2D eigenvalue weighted by molar-refractivity contribution is 5.06. The molecule has 0 radical (unpaired) electrons. The Morgan fingerprint density at radius 3 is 2.80 bits per heavy atom. The number of piperidine rings is 1. The van der Waals surface area contributed by atoms with Crippen LogP contribution in [0.4, 0.5) is 0 Å². The van der Waals surface area contributed by atoms with E-state index in [9.17, 15) is 5.11 Å². The fourth-order valence-electron chi connectivity index (χ4n) is 3.50. The van der Waals surface area contributed by atoms with E-state index in [0.717, 1.165) is 43.9 Å². The summed E-state index contributed by atoms with van der Waals surface area (Å²) in [6.45, 7) is 8.64. The van der Waals surface area contributed by atoms with Crippen LogP contribution in [0.15, 0.2) is 28.9 Å². The van der Waals surface area contributed by atoms with Crippen molar-refractivity contribution in [3.63, 3.8) is 0 Å². The summed E-state index contributed by atoms with van der Waals surface area (Å²) in [4.78, 5) is 2.33. The zero-order valence-electron chi connectivity index (χ0n) is 15.2. The molecule has 1 saturated heterocycles. The lowest BCUT2D eigenvalue weighted by Crippen LogP contribution is -2.41. The molecule has 1 aliphatic rings. The molecule has 0 amide bonds. The lowest BCUT2D eigenvalue weighted by Gasteiger charge is -2.33. The highest BCUT2D eigenvalue weighted by Crippen LogP contribution is 2.20. The third-order valence-electron chi connectivity index (χ3n) is 4.85. The van der Waals surface area contributed by atoms with Crippen LogP contribution in [-0.2, 0) is 17.9 Å². The van der Waals surface area contributed by atoms with Gasteiger partial charge in [-0.05, 0) is 63.9 Å². The van der Waals surface area contributed by atoms with Crippen molar-refractivity contribution in [2.75, 3.05) is 26.2 Å². The van der Waals surface area contributed by atoms with E-state index in [4.69, 9.17) is 9.15 Å². The van der Waals surface area contributed by atoms with Gasteiger partial charge in [-0.15, -0.1) is 0 Å². The first-order valence-corrected chi connectivity index (χ1v) is 9.11. The Balaban J connectivity index is 1.33. The second kappa shape index (κ2) is 8.65. The molecule has 25 heavy (non-hydrogen) atoms. The molecule has 0 spiro atoms. The Labute approximate surface area is 149 Å². The fourth-order valence-corrected chi connectivity index (χ4v) is 3.50. The number of hydrogen-bond donors (Lipinski definition) is 1. The summed E-state index contributed by atoms with van der Waals surface area (Å²) in [7, 11) is 0. The number of aromatic nitrogens is 2. The summed E-state index contributed by atoms with van der Waals surface area (Å²) in [5, 5.41) is 14.7. The summed E-state index contributed by atoms with van der Waals surface area (Å²) in [6, 6.07) is 5.85. The number of aliphatic hydroxyl groups excluding tert-OH is 1. The summed E-state index contributed by atoms with van der Waals surface area (Å²) in [5.74, 6) is 1.46. The van der Waals surface area contributed by atoms with Crippen LogP contribution < -0.4 is 0 Å². The number of aliphatic hydroxyl groups is 1. The van der Waals surface area contributed by atoms with E-state index in [-0.39, 0.29) is 0 Å². The molecular weight excluding hydrogens is 318 g/mol. The first-order chi connectivity index (χ1) is 12.1. The third-order valence-corrected chi connectivity index (χ3v) is 4.85. The molecule has 1 unspecified atom stereocenters. The predicted molar refractivity (Wildman–Crippen MR) is 95.2 cm³/mol. The van der Waals surface area contributed by atoms with E-state index in [1.54, 1.807) is 6.26 Å². The third kappa shape index (κ3) is 5.42. The molecule has 3 rings (SSSR count). The maximum atomic E-state index is 10.2. The molecule has 0 aliphatic carbocycles. The highest BCUT2D eigenvalue weighted by Gasteiger charge is 2.22. The molecule has 1 N–H and O–H groups in total. The number of rotatable bonds is 8. The number of β-amino-alcohol motifs (C(OH)–C–C–N with tert-alkyl or cyclic N) is 1. The Bertz CT molecular complexity index is 630. The van der Waals surface area contributed by atoms with Gasteiger partial charge in [0.25, 0.3) is 0 Å². The summed E-state index contributed by atoms with van der Waals surface area (Å²) in [6.07, 6.45) is 3.48. The minimum atomic E-state index is -0.456. The van der Waals surface area contributed by atoms with Crippen LogP contribution in [0.3, 0.4) is 0 Å². The molecule has 3 heterocycles. The van der Waals surface area contributed by atoms with Gasteiger partial charge >= 0.3 is 0 Å². The lowest BCUT2D eigenvalue weighted by atomic mass is 9.96. The number of ether oxygens (including phenoxy) is 1. The predicted octanol–water partition coefficient (Wildman–Crippen LogP) is 2.38.